The summed E-state index contributed by atoms with van der Waals surface area (Å²) in [5.41, 5.74) is 6.95. The molecule has 21 heavy (non-hydrogen) atoms. The van der Waals surface area contributed by atoms with Crippen LogP contribution in [-0.4, -0.2) is 6.54 Å². The summed E-state index contributed by atoms with van der Waals surface area (Å²) in [5.74, 6) is 0.817. The minimum absolute atomic E-state index is 0.817. The van der Waals surface area contributed by atoms with E-state index >= 15 is 0 Å². The Morgan fingerprint density at radius 2 is 1.81 bits per heavy atom. The van der Waals surface area contributed by atoms with Crippen molar-refractivity contribution in [3.05, 3.63) is 59.2 Å². The summed E-state index contributed by atoms with van der Waals surface area (Å²) in [6.45, 7) is 6.27. The quantitative estimate of drug-likeness (QED) is 0.808. The van der Waals surface area contributed by atoms with Gasteiger partial charge in [-0.2, -0.15) is 0 Å². The first-order chi connectivity index (χ1) is 10.3. The van der Waals surface area contributed by atoms with Gasteiger partial charge in [0.2, 0.25) is 0 Å². The minimum Gasteiger partial charge on any atom is -0.313 e. The van der Waals surface area contributed by atoms with Crippen molar-refractivity contribution in [3.8, 4) is 11.1 Å². The molecule has 1 fully saturated rings. The summed E-state index contributed by atoms with van der Waals surface area (Å²) in [7, 11) is 0. The van der Waals surface area contributed by atoms with Crippen LogP contribution < -0.4 is 5.32 Å². The summed E-state index contributed by atoms with van der Waals surface area (Å²) in [4.78, 5) is 0. The lowest BCUT2D eigenvalue weighted by atomic mass is 9.79. The average Bonchev–Trinajstić information content (AvgIpc) is 2.45. The third-order valence-electron chi connectivity index (χ3n) is 4.63. The Morgan fingerprint density at radius 1 is 1.05 bits per heavy atom. The van der Waals surface area contributed by atoms with E-state index in [2.05, 4.69) is 61.6 Å². The number of hydrogen-bond acceptors (Lipinski definition) is 1. The maximum Gasteiger partial charge on any atom is 0.0211 e. The molecule has 0 aromatic heterocycles. The van der Waals surface area contributed by atoms with E-state index < -0.39 is 0 Å². The Hall–Kier alpha value is -1.60. The Balaban J connectivity index is 1.89. The average molecular weight is 279 g/mol. The van der Waals surface area contributed by atoms with Crippen molar-refractivity contribution in [2.45, 2.75) is 45.6 Å². The van der Waals surface area contributed by atoms with E-state index in [1.54, 1.807) is 0 Å². The third kappa shape index (κ3) is 3.19. The van der Waals surface area contributed by atoms with E-state index in [1.165, 1.54) is 47.1 Å². The van der Waals surface area contributed by atoms with E-state index in [0.29, 0.717) is 0 Å². The van der Waals surface area contributed by atoms with Crippen LogP contribution in [0.25, 0.3) is 11.1 Å². The molecule has 2 aromatic carbocycles. The fraction of sp³-hybridized carbons (Fsp3) is 0.400. The highest BCUT2D eigenvalue weighted by molar-refractivity contribution is 5.68. The van der Waals surface area contributed by atoms with Crippen molar-refractivity contribution in [3.63, 3.8) is 0 Å². The number of nitrogens with one attached hydrogen (secondary N) is 1. The van der Waals surface area contributed by atoms with Crippen LogP contribution in [0.5, 0.6) is 0 Å². The molecule has 1 saturated carbocycles. The largest absolute Gasteiger partial charge is 0.313 e. The zero-order valence-corrected chi connectivity index (χ0v) is 13.2. The van der Waals surface area contributed by atoms with Crippen molar-refractivity contribution < 1.29 is 0 Å². The van der Waals surface area contributed by atoms with Crippen LogP contribution in [0.3, 0.4) is 0 Å². The SMILES string of the molecule is CCNCc1ccc(C)cc1-c1ccc(C2CCC2)cc1. The second-order valence-electron chi connectivity index (χ2n) is 6.19. The van der Waals surface area contributed by atoms with E-state index in [1.807, 2.05) is 0 Å². The molecule has 0 aliphatic heterocycles. The number of aryl methyl sites for hydroxylation is 1. The maximum atomic E-state index is 3.44. The molecule has 1 heteroatoms. The van der Waals surface area contributed by atoms with E-state index in [-0.39, 0.29) is 0 Å². The molecule has 0 unspecified atom stereocenters. The van der Waals surface area contributed by atoms with Crippen LogP contribution >= 0.6 is 0 Å². The second kappa shape index (κ2) is 6.44. The van der Waals surface area contributed by atoms with Crippen LogP contribution in [0.4, 0.5) is 0 Å². The smallest absolute Gasteiger partial charge is 0.0211 e. The van der Waals surface area contributed by atoms with Crippen LogP contribution in [0.15, 0.2) is 42.5 Å². The van der Waals surface area contributed by atoms with E-state index in [9.17, 15) is 0 Å². The Morgan fingerprint density at radius 3 is 2.43 bits per heavy atom. The standard InChI is InChI=1S/C20H25N/c1-3-21-14-19-8-7-15(2)13-20(19)18-11-9-17(10-12-18)16-5-4-6-16/h7-13,16,21H,3-6,14H2,1-2H3. The predicted molar refractivity (Wildman–Crippen MR) is 90.6 cm³/mol. The molecular formula is C20H25N. The molecule has 0 radical (unpaired) electrons. The molecule has 2 aromatic rings. The van der Waals surface area contributed by atoms with Crippen LogP contribution in [0.1, 0.15) is 48.8 Å². The Labute approximate surface area is 128 Å². The van der Waals surface area contributed by atoms with Gasteiger partial charge in [0.1, 0.15) is 0 Å². The van der Waals surface area contributed by atoms with Gasteiger partial charge in [0.15, 0.2) is 0 Å². The number of rotatable bonds is 5. The van der Waals surface area contributed by atoms with Gasteiger partial charge in [-0.15, -0.1) is 0 Å². The van der Waals surface area contributed by atoms with Crippen molar-refractivity contribution in [1.29, 1.82) is 0 Å². The van der Waals surface area contributed by atoms with Crippen LogP contribution in [-0.2, 0) is 6.54 Å². The van der Waals surface area contributed by atoms with Gasteiger partial charge in [0.25, 0.3) is 0 Å². The highest BCUT2D eigenvalue weighted by Crippen LogP contribution is 2.37. The van der Waals surface area contributed by atoms with Crippen molar-refractivity contribution >= 4 is 0 Å². The summed E-state index contributed by atoms with van der Waals surface area (Å²) in [6.07, 6.45) is 4.14. The summed E-state index contributed by atoms with van der Waals surface area (Å²) >= 11 is 0. The number of benzene rings is 2. The Kier molecular flexibility index (Phi) is 4.40. The summed E-state index contributed by atoms with van der Waals surface area (Å²) in [6, 6.07) is 16.0. The van der Waals surface area contributed by atoms with Crippen molar-refractivity contribution in [2.24, 2.45) is 0 Å². The monoisotopic (exact) mass is 279 g/mol. The van der Waals surface area contributed by atoms with Gasteiger partial charge in [-0.3, -0.25) is 0 Å². The summed E-state index contributed by atoms with van der Waals surface area (Å²) in [5, 5.41) is 3.44. The number of hydrogen-bond donors (Lipinski definition) is 1. The molecule has 1 aliphatic carbocycles. The van der Waals surface area contributed by atoms with Gasteiger partial charge in [-0.1, -0.05) is 61.4 Å². The molecule has 110 valence electrons. The van der Waals surface area contributed by atoms with Crippen molar-refractivity contribution in [1.82, 2.24) is 5.32 Å². The third-order valence-corrected chi connectivity index (χ3v) is 4.63. The lowest BCUT2D eigenvalue weighted by molar-refractivity contribution is 0.420. The van der Waals surface area contributed by atoms with Crippen LogP contribution in [0.2, 0.25) is 0 Å². The van der Waals surface area contributed by atoms with Gasteiger partial charge in [0, 0.05) is 6.54 Å². The van der Waals surface area contributed by atoms with Gasteiger partial charge >= 0.3 is 0 Å². The molecule has 3 rings (SSSR count). The lowest BCUT2D eigenvalue weighted by Crippen LogP contribution is -2.12. The molecule has 0 saturated heterocycles. The normalized spacial score (nSPS) is 15.0. The molecule has 1 aliphatic rings. The molecule has 0 spiro atoms. The molecular weight excluding hydrogens is 254 g/mol. The van der Waals surface area contributed by atoms with E-state index in [4.69, 9.17) is 0 Å². The summed E-state index contributed by atoms with van der Waals surface area (Å²) < 4.78 is 0. The molecule has 1 N–H and O–H groups in total. The van der Waals surface area contributed by atoms with E-state index in [0.717, 1.165) is 19.0 Å². The fourth-order valence-electron chi connectivity index (χ4n) is 3.05. The molecule has 0 amide bonds. The first-order valence-electron chi connectivity index (χ1n) is 8.18. The second-order valence-corrected chi connectivity index (χ2v) is 6.19. The molecule has 0 bridgehead atoms. The van der Waals surface area contributed by atoms with Crippen molar-refractivity contribution in [2.75, 3.05) is 6.54 Å². The first kappa shape index (κ1) is 14.3. The molecule has 1 nitrogen and oxygen atoms in total. The van der Waals surface area contributed by atoms with Gasteiger partial charge in [-0.05, 0) is 54.5 Å². The highest BCUT2D eigenvalue weighted by atomic mass is 14.8. The first-order valence-corrected chi connectivity index (χ1v) is 8.18. The van der Waals surface area contributed by atoms with Gasteiger partial charge in [0.05, 0.1) is 0 Å². The van der Waals surface area contributed by atoms with Gasteiger partial charge < -0.3 is 5.32 Å². The topological polar surface area (TPSA) is 12.0 Å². The predicted octanol–water partition coefficient (Wildman–Crippen LogP) is 5.04. The maximum absolute atomic E-state index is 3.44. The zero-order valence-electron chi connectivity index (χ0n) is 13.2. The van der Waals surface area contributed by atoms with Gasteiger partial charge in [-0.25, -0.2) is 0 Å². The molecule has 0 heterocycles. The van der Waals surface area contributed by atoms with Crippen LogP contribution in [0, 0.1) is 6.92 Å². The highest BCUT2D eigenvalue weighted by Gasteiger charge is 2.19. The lowest BCUT2D eigenvalue weighted by Gasteiger charge is -2.26. The zero-order chi connectivity index (χ0) is 14.7. The molecule has 0 atom stereocenters. The fourth-order valence-corrected chi connectivity index (χ4v) is 3.05. The Bertz CT molecular complexity index is 594. The minimum atomic E-state index is 0.817.